The summed E-state index contributed by atoms with van der Waals surface area (Å²) in [5.74, 6) is 0. The summed E-state index contributed by atoms with van der Waals surface area (Å²) in [6.07, 6.45) is 0. The fourth-order valence-corrected chi connectivity index (χ4v) is 6.61. The average Bonchev–Trinajstić information content (AvgIpc) is 3.61. The summed E-state index contributed by atoms with van der Waals surface area (Å²) in [6, 6.07) is 55.9. The molecule has 0 spiro atoms. The van der Waals surface area contributed by atoms with Crippen molar-refractivity contribution in [2.45, 2.75) is 0 Å². The molecule has 9 aromatic rings. The SMILES string of the molecule is c1ccc(N(c2ccc3ccccc3c2)c2ccc3oc4c(ccc5c4c4ccccc4n5-c4ccccc4)c3c2)cc1. The summed E-state index contributed by atoms with van der Waals surface area (Å²) in [7, 11) is 0. The van der Waals surface area contributed by atoms with Crippen LogP contribution in [0.15, 0.2) is 162 Å². The van der Waals surface area contributed by atoms with Gasteiger partial charge in [-0.25, -0.2) is 0 Å². The molecule has 0 aliphatic rings. The van der Waals surface area contributed by atoms with Gasteiger partial charge in [0.1, 0.15) is 11.2 Å². The van der Waals surface area contributed by atoms with E-state index in [2.05, 4.69) is 167 Å². The van der Waals surface area contributed by atoms with Crippen molar-refractivity contribution in [2.75, 3.05) is 4.90 Å². The summed E-state index contributed by atoms with van der Waals surface area (Å²) < 4.78 is 9.03. The minimum Gasteiger partial charge on any atom is -0.455 e. The Hall–Kier alpha value is -5.80. The van der Waals surface area contributed by atoms with Gasteiger partial charge in [-0.3, -0.25) is 0 Å². The highest BCUT2D eigenvalue weighted by Crippen LogP contribution is 2.43. The third kappa shape index (κ3) is 3.68. The molecule has 0 N–H and O–H groups in total. The van der Waals surface area contributed by atoms with Crippen LogP contribution in [0.25, 0.3) is 60.2 Å². The fourth-order valence-electron chi connectivity index (χ4n) is 6.61. The minimum absolute atomic E-state index is 0.884. The summed E-state index contributed by atoms with van der Waals surface area (Å²) in [5, 5.41) is 7.00. The maximum absolute atomic E-state index is 6.69. The zero-order chi connectivity index (χ0) is 28.3. The van der Waals surface area contributed by atoms with E-state index >= 15 is 0 Å². The highest BCUT2D eigenvalue weighted by Gasteiger charge is 2.20. The van der Waals surface area contributed by atoms with Gasteiger partial charge >= 0.3 is 0 Å². The Morgan fingerprint density at radius 3 is 2.00 bits per heavy atom. The van der Waals surface area contributed by atoms with Crippen LogP contribution in [0.2, 0.25) is 0 Å². The van der Waals surface area contributed by atoms with Crippen LogP contribution in [0.1, 0.15) is 0 Å². The molecule has 2 aromatic heterocycles. The number of hydrogen-bond donors (Lipinski definition) is 0. The molecule has 3 nitrogen and oxygen atoms in total. The predicted molar refractivity (Wildman–Crippen MR) is 180 cm³/mol. The molecule has 0 aliphatic heterocycles. The molecule has 0 bridgehead atoms. The summed E-state index contributed by atoms with van der Waals surface area (Å²) in [4.78, 5) is 2.32. The fraction of sp³-hybridized carbons (Fsp3) is 0. The number of aromatic nitrogens is 1. The molecular weight excluding hydrogens is 524 g/mol. The van der Waals surface area contributed by atoms with Gasteiger partial charge in [-0.2, -0.15) is 0 Å². The van der Waals surface area contributed by atoms with E-state index in [-0.39, 0.29) is 0 Å². The Balaban J connectivity index is 1.29. The molecule has 2 heterocycles. The maximum atomic E-state index is 6.69. The van der Waals surface area contributed by atoms with Crippen LogP contribution in [-0.2, 0) is 0 Å². The molecule has 0 fully saturated rings. The number of nitrogens with zero attached hydrogens (tertiary/aromatic N) is 2. The van der Waals surface area contributed by atoms with Gasteiger partial charge in [0, 0.05) is 38.9 Å². The topological polar surface area (TPSA) is 21.3 Å². The van der Waals surface area contributed by atoms with Crippen LogP contribution in [0, 0.1) is 0 Å². The second-order valence-corrected chi connectivity index (χ2v) is 11.0. The Morgan fingerprint density at radius 1 is 0.442 bits per heavy atom. The monoisotopic (exact) mass is 550 g/mol. The van der Waals surface area contributed by atoms with Crippen molar-refractivity contribution in [3.63, 3.8) is 0 Å². The number of benzene rings is 7. The molecule has 7 aromatic carbocycles. The molecule has 0 saturated heterocycles. The van der Waals surface area contributed by atoms with Gasteiger partial charge in [0.25, 0.3) is 0 Å². The normalized spacial score (nSPS) is 11.7. The second kappa shape index (κ2) is 9.37. The average molecular weight is 551 g/mol. The number of rotatable bonds is 4. The van der Waals surface area contributed by atoms with Crippen molar-refractivity contribution in [3.05, 3.63) is 158 Å². The number of anilines is 3. The van der Waals surface area contributed by atoms with E-state index in [0.717, 1.165) is 55.6 Å². The molecule has 0 unspecified atom stereocenters. The van der Waals surface area contributed by atoms with Crippen molar-refractivity contribution in [1.82, 2.24) is 4.57 Å². The first kappa shape index (κ1) is 23.9. The molecule has 3 heteroatoms. The van der Waals surface area contributed by atoms with Crippen molar-refractivity contribution in [1.29, 1.82) is 0 Å². The first-order valence-electron chi connectivity index (χ1n) is 14.6. The van der Waals surface area contributed by atoms with Gasteiger partial charge in [0.15, 0.2) is 0 Å². The van der Waals surface area contributed by atoms with Gasteiger partial charge in [-0.05, 0) is 83.6 Å². The molecular formula is C40H26N2O. The largest absolute Gasteiger partial charge is 0.455 e. The van der Waals surface area contributed by atoms with Gasteiger partial charge in [-0.1, -0.05) is 84.9 Å². The quantitative estimate of drug-likeness (QED) is 0.217. The van der Waals surface area contributed by atoms with Crippen molar-refractivity contribution in [2.24, 2.45) is 0 Å². The van der Waals surface area contributed by atoms with E-state index in [1.54, 1.807) is 0 Å². The summed E-state index contributed by atoms with van der Waals surface area (Å²) in [5.41, 5.74) is 8.57. The van der Waals surface area contributed by atoms with E-state index in [4.69, 9.17) is 4.42 Å². The van der Waals surface area contributed by atoms with Crippen molar-refractivity contribution < 1.29 is 4.42 Å². The third-order valence-corrected chi connectivity index (χ3v) is 8.53. The molecule has 0 amide bonds. The van der Waals surface area contributed by atoms with E-state index < -0.39 is 0 Å². The molecule has 0 aliphatic carbocycles. The van der Waals surface area contributed by atoms with Gasteiger partial charge in [-0.15, -0.1) is 0 Å². The van der Waals surface area contributed by atoms with Gasteiger partial charge < -0.3 is 13.9 Å². The van der Waals surface area contributed by atoms with Crippen LogP contribution in [0.4, 0.5) is 17.1 Å². The first-order chi connectivity index (χ1) is 21.3. The third-order valence-electron chi connectivity index (χ3n) is 8.53. The molecule has 43 heavy (non-hydrogen) atoms. The van der Waals surface area contributed by atoms with Crippen LogP contribution in [0.5, 0.6) is 0 Å². The Labute approximate surface area is 248 Å². The predicted octanol–water partition coefficient (Wildman–Crippen LogP) is 11.3. The Kier molecular flexibility index (Phi) is 5.20. The zero-order valence-corrected chi connectivity index (χ0v) is 23.3. The molecule has 9 rings (SSSR count). The number of fused-ring (bicyclic) bond motifs is 8. The second-order valence-electron chi connectivity index (χ2n) is 11.0. The van der Waals surface area contributed by atoms with E-state index in [9.17, 15) is 0 Å². The first-order valence-corrected chi connectivity index (χ1v) is 14.6. The van der Waals surface area contributed by atoms with E-state index in [0.29, 0.717) is 0 Å². The van der Waals surface area contributed by atoms with Crippen LogP contribution in [-0.4, -0.2) is 4.57 Å². The maximum Gasteiger partial charge on any atom is 0.145 e. The number of hydrogen-bond acceptors (Lipinski definition) is 2. The molecule has 202 valence electrons. The lowest BCUT2D eigenvalue weighted by Crippen LogP contribution is -2.09. The van der Waals surface area contributed by atoms with Crippen LogP contribution in [0.3, 0.4) is 0 Å². The lowest BCUT2D eigenvalue weighted by Gasteiger charge is -2.25. The molecule has 0 radical (unpaired) electrons. The smallest absolute Gasteiger partial charge is 0.145 e. The van der Waals surface area contributed by atoms with E-state index in [1.165, 1.54) is 21.7 Å². The summed E-state index contributed by atoms with van der Waals surface area (Å²) >= 11 is 0. The van der Waals surface area contributed by atoms with Crippen LogP contribution < -0.4 is 4.90 Å². The Morgan fingerprint density at radius 2 is 1.14 bits per heavy atom. The Bertz CT molecular complexity index is 2450. The lowest BCUT2D eigenvalue weighted by atomic mass is 10.1. The van der Waals surface area contributed by atoms with Crippen molar-refractivity contribution in [3.8, 4) is 5.69 Å². The standard InChI is InChI=1S/C40H26N2O/c1-3-13-29(14-4-1)41(31-20-19-27-11-7-8-12-28(27)25-31)32-21-24-38-35(26-32)33-22-23-37-39(40(33)43-38)34-17-9-10-18-36(34)42(37)30-15-5-2-6-16-30/h1-26H. The minimum atomic E-state index is 0.884. The highest BCUT2D eigenvalue weighted by atomic mass is 16.3. The van der Waals surface area contributed by atoms with Gasteiger partial charge in [0.2, 0.25) is 0 Å². The van der Waals surface area contributed by atoms with Crippen molar-refractivity contribution >= 4 is 71.6 Å². The zero-order valence-electron chi connectivity index (χ0n) is 23.3. The van der Waals surface area contributed by atoms with E-state index in [1.807, 2.05) is 0 Å². The molecule has 0 saturated carbocycles. The highest BCUT2D eigenvalue weighted by molar-refractivity contribution is 6.24. The van der Waals surface area contributed by atoms with Gasteiger partial charge in [0.05, 0.1) is 16.4 Å². The number of furan rings is 1. The number of para-hydroxylation sites is 3. The lowest BCUT2D eigenvalue weighted by molar-refractivity contribution is 0.673. The molecule has 0 atom stereocenters. The summed E-state index contributed by atoms with van der Waals surface area (Å²) in [6.45, 7) is 0. The van der Waals surface area contributed by atoms with Crippen LogP contribution >= 0.6 is 0 Å².